The lowest BCUT2D eigenvalue weighted by atomic mass is 10.1. The van der Waals surface area contributed by atoms with E-state index in [2.05, 4.69) is 5.32 Å². The third-order valence-corrected chi connectivity index (χ3v) is 2.53. The molecule has 0 aliphatic carbocycles. The molecule has 0 aliphatic heterocycles. The zero-order valence-electron chi connectivity index (χ0n) is 9.60. The monoisotopic (exact) mass is 223 g/mol. The Balaban J connectivity index is 2.09. The van der Waals surface area contributed by atoms with Crippen LogP contribution in [0.15, 0.2) is 30.3 Å². The van der Waals surface area contributed by atoms with Gasteiger partial charge in [0.25, 0.3) is 0 Å². The van der Waals surface area contributed by atoms with Gasteiger partial charge in [-0.1, -0.05) is 30.3 Å². The SMILES string of the molecule is OCCCCCNCC(O)c1ccccc1. The van der Waals surface area contributed by atoms with Crippen LogP contribution in [0.2, 0.25) is 0 Å². The molecule has 0 amide bonds. The normalized spacial score (nSPS) is 12.6. The van der Waals surface area contributed by atoms with Crippen LogP contribution >= 0.6 is 0 Å². The van der Waals surface area contributed by atoms with Gasteiger partial charge in [-0.3, -0.25) is 0 Å². The molecule has 0 heterocycles. The van der Waals surface area contributed by atoms with Gasteiger partial charge in [0.2, 0.25) is 0 Å². The number of hydrogen-bond donors (Lipinski definition) is 3. The summed E-state index contributed by atoms with van der Waals surface area (Å²) in [4.78, 5) is 0. The van der Waals surface area contributed by atoms with E-state index in [0.29, 0.717) is 6.54 Å². The topological polar surface area (TPSA) is 52.5 Å². The number of benzene rings is 1. The smallest absolute Gasteiger partial charge is 0.0914 e. The summed E-state index contributed by atoms with van der Waals surface area (Å²) in [5.74, 6) is 0. The molecule has 1 aromatic carbocycles. The van der Waals surface area contributed by atoms with Crippen molar-refractivity contribution in [2.24, 2.45) is 0 Å². The third-order valence-electron chi connectivity index (χ3n) is 2.53. The number of aliphatic hydroxyl groups excluding tert-OH is 2. The molecular formula is C13H21NO2. The fourth-order valence-corrected chi connectivity index (χ4v) is 1.57. The summed E-state index contributed by atoms with van der Waals surface area (Å²) in [6.07, 6.45) is 2.51. The molecule has 0 aliphatic rings. The summed E-state index contributed by atoms with van der Waals surface area (Å²) in [5.41, 5.74) is 0.949. The Kier molecular flexibility index (Phi) is 6.81. The highest BCUT2D eigenvalue weighted by Gasteiger charge is 2.04. The third kappa shape index (κ3) is 5.26. The first-order valence-electron chi connectivity index (χ1n) is 5.89. The summed E-state index contributed by atoms with van der Waals surface area (Å²) < 4.78 is 0. The summed E-state index contributed by atoms with van der Waals surface area (Å²) in [6, 6.07) is 9.66. The van der Waals surface area contributed by atoms with E-state index in [-0.39, 0.29) is 6.61 Å². The fraction of sp³-hybridized carbons (Fsp3) is 0.538. The lowest BCUT2D eigenvalue weighted by molar-refractivity contribution is 0.174. The largest absolute Gasteiger partial charge is 0.396 e. The van der Waals surface area contributed by atoms with E-state index < -0.39 is 6.10 Å². The standard InChI is InChI=1S/C13H21NO2/c15-10-6-2-5-9-14-11-13(16)12-7-3-1-4-8-12/h1,3-4,7-8,13-16H,2,5-6,9-11H2. The molecule has 1 rings (SSSR count). The van der Waals surface area contributed by atoms with E-state index in [4.69, 9.17) is 5.11 Å². The average molecular weight is 223 g/mol. The van der Waals surface area contributed by atoms with E-state index in [1.807, 2.05) is 30.3 Å². The van der Waals surface area contributed by atoms with Crippen molar-refractivity contribution in [1.82, 2.24) is 5.32 Å². The number of aliphatic hydroxyl groups is 2. The molecule has 0 aromatic heterocycles. The van der Waals surface area contributed by atoms with Gasteiger partial charge in [-0.05, 0) is 31.4 Å². The van der Waals surface area contributed by atoms with Crippen molar-refractivity contribution in [3.05, 3.63) is 35.9 Å². The lowest BCUT2D eigenvalue weighted by Crippen LogP contribution is -2.22. The molecule has 1 aromatic rings. The first-order chi connectivity index (χ1) is 7.84. The van der Waals surface area contributed by atoms with E-state index in [1.54, 1.807) is 0 Å². The minimum absolute atomic E-state index is 0.270. The molecule has 0 radical (unpaired) electrons. The van der Waals surface area contributed by atoms with E-state index in [0.717, 1.165) is 31.4 Å². The second-order valence-electron chi connectivity index (χ2n) is 3.91. The second-order valence-corrected chi connectivity index (χ2v) is 3.91. The van der Waals surface area contributed by atoms with Gasteiger partial charge in [-0.15, -0.1) is 0 Å². The van der Waals surface area contributed by atoms with Gasteiger partial charge in [0, 0.05) is 13.2 Å². The van der Waals surface area contributed by atoms with Crippen LogP contribution in [-0.2, 0) is 0 Å². The van der Waals surface area contributed by atoms with Gasteiger partial charge < -0.3 is 15.5 Å². The Labute approximate surface area is 97.1 Å². The Morgan fingerprint density at radius 3 is 2.50 bits per heavy atom. The molecule has 16 heavy (non-hydrogen) atoms. The van der Waals surface area contributed by atoms with Gasteiger partial charge in [-0.25, -0.2) is 0 Å². The van der Waals surface area contributed by atoms with Crippen LogP contribution in [-0.4, -0.2) is 29.9 Å². The maximum Gasteiger partial charge on any atom is 0.0914 e. The molecule has 1 unspecified atom stereocenters. The predicted molar refractivity (Wildman–Crippen MR) is 65.2 cm³/mol. The van der Waals surface area contributed by atoms with Gasteiger partial charge >= 0.3 is 0 Å². The van der Waals surface area contributed by atoms with Crippen molar-refractivity contribution in [3.8, 4) is 0 Å². The van der Waals surface area contributed by atoms with Crippen LogP contribution in [0.25, 0.3) is 0 Å². The Morgan fingerprint density at radius 2 is 1.81 bits per heavy atom. The molecule has 3 heteroatoms. The van der Waals surface area contributed by atoms with Crippen LogP contribution in [0.1, 0.15) is 30.9 Å². The minimum Gasteiger partial charge on any atom is -0.396 e. The number of rotatable bonds is 8. The molecule has 0 saturated carbocycles. The Morgan fingerprint density at radius 1 is 1.06 bits per heavy atom. The second kappa shape index (κ2) is 8.28. The zero-order chi connectivity index (χ0) is 11.6. The maximum atomic E-state index is 9.82. The molecular weight excluding hydrogens is 202 g/mol. The molecule has 0 saturated heterocycles. The molecule has 3 N–H and O–H groups in total. The number of unbranched alkanes of at least 4 members (excludes halogenated alkanes) is 2. The van der Waals surface area contributed by atoms with Crippen molar-refractivity contribution in [1.29, 1.82) is 0 Å². The minimum atomic E-state index is -0.431. The molecule has 3 nitrogen and oxygen atoms in total. The first-order valence-corrected chi connectivity index (χ1v) is 5.89. The van der Waals surface area contributed by atoms with Crippen LogP contribution in [0, 0.1) is 0 Å². The summed E-state index contributed by atoms with van der Waals surface area (Å²) in [7, 11) is 0. The van der Waals surface area contributed by atoms with E-state index in [1.165, 1.54) is 0 Å². The molecule has 0 fully saturated rings. The fourth-order valence-electron chi connectivity index (χ4n) is 1.57. The van der Waals surface area contributed by atoms with Crippen molar-refractivity contribution in [2.75, 3.05) is 19.7 Å². The average Bonchev–Trinajstić information content (AvgIpc) is 2.34. The zero-order valence-corrected chi connectivity index (χ0v) is 9.60. The summed E-state index contributed by atoms with van der Waals surface area (Å²) in [5, 5.41) is 21.6. The van der Waals surface area contributed by atoms with Crippen LogP contribution in [0.3, 0.4) is 0 Å². The highest BCUT2D eigenvalue weighted by molar-refractivity contribution is 5.17. The molecule has 1 atom stereocenters. The van der Waals surface area contributed by atoms with Crippen molar-refractivity contribution >= 4 is 0 Å². The molecule has 90 valence electrons. The molecule has 0 bridgehead atoms. The van der Waals surface area contributed by atoms with Gasteiger partial charge in [0.1, 0.15) is 0 Å². The summed E-state index contributed by atoms with van der Waals surface area (Å²) in [6.45, 7) is 1.75. The van der Waals surface area contributed by atoms with Gasteiger partial charge in [0.15, 0.2) is 0 Å². The van der Waals surface area contributed by atoms with E-state index >= 15 is 0 Å². The van der Waals surface area contributed by atoms with E-state index in [9.17, 15) is 5.11 Å². The van der Waals surface area contributed by atoms with Gasteiger partial charge in [-0.2, -0.15) is 0 Å². The summed E-state index contributed by atoms with van der Waals surface area (Å²) >= 11 is 0. The van der Waals surface area contributed by atoms with Crippen molar-refractivity contribution in [2.45, 2.75) is 25.4 Å². The highest BCUT2D eigenvalue weighted by atomic mass is 16.3. The first kappa shape index (κ1) is 13.2. The Hall–Kier alpha value is -0.900. The van der Waals surface area contributed by atoms with Crippen LogP contribution < -0.4 is 5.32 Å². The number of hydrogen-bond acceptors (Lipinski definition) is 3. The van der Waals surface area contributed by atoms with Crippen molar-refractivity contribution in [3.63, 3.8) is 0 Å². The lowest BCUT2D eigenvalue weighted by Gasteiger charge is -2.11. The van der Waals surface area contributed by atoms with Crippen molar-refractivity contribution < 1.29 is 10.2 Å². The highest BCUT2D eigenvalue weighted by Crippen LogP contribution is 2.10. The quantitative estimate of drug-likeness (QED) is 0.585. The Bertz CT molecular complexity index is 264. The van der Waals surface area contributed by atoms with Gasteiger partial charge in [0.05, 0.1) is 6.10 Å². The predicted octanol–water partition coefficient (Wildman–Crippen LogP) is 1.47. The van der Waals surface area contributed by atoms with Crippen LogP contribution in [0.5, 0.6) is 0 Å². The molecule has 0 spiro atoms. The van der Waals surface area contributed by atoms with Crippen LogP contribution in [0.4, 0.5) is 0 Å². The number of nitrogens with one attached hydrogen (secondary N) is 1. The maximum absolute atomic E-state index is 9.82.